The molecule has 2 nitrogen and oxygen atoms in total. The molecule has 0 aliphatic carbocycles. The van der Waals surface area contributed by atoms with Gasteiger partial charge in [0.05, 0.1) is 0 Å². The van der Waals surface area contributed by atoms with E-state index in [4.69, 9.17) is 6.42 Å². The van der Waals surface area contributed by atoms with Crippen molar-refractivity contribution in [3.05, 3.63) is 0 Å². The van der Waals surface area contributed by atoms with E-state index in [9.17, 15) is 4.79 Å². The fourth-order valence-electron chi connectivity index (χ4n) is 0.775. The summed E-state index contributed by atoms with van der Waals surface area (Å²) in [4.78, 5) is 10.9. The molecule has 0 aromatic rings. The standard InChI is InChI=1S/C10H13NO/c1-4-7-9(6-3)11-10(12)8-5-2/h1,9H,6-7H2,2-3H3,(H,11,12). The van der Waals surface area contributed by atoms with E-state index in [-0.39, 0.29) is 11.9 Å². The van der Waals surface area contributed by atoms with Gasteiger partial charge in [0.15, 0.2) is 0 Å². The number of carbonyl (C=O) groups is 1. The zero-order chi connectivity index (χ0) is 9.40. The van der Waals surface area contributed by atoms with Crippen LogP contribution in [0.1, 0.15) is 26.7 Å². The molecule has 0 bridgehead atoms. The smallest absolute Gasteiger partial charge is 0.296 e. The largest absolute Gasteiger partial charge is 0.342 e. The normalized spacial score (nSPS) is 10.4. The molecule has 0 radical (unpaired) electrons. The lowest BCUT2D eigenvalue weighted by atomic mass is 10.1. The average Bonchev–Trinajstić information content (AvgIpc) is 2.04. The third kappa shape index (κ3) is 4.41. The number of hydrogen-bond donors (Lipinski definition) is 1. The summed E-state index contributed by atoms with van der Waals surface area (Å²) in [5.74, 6) is 7.18. The van der Waals surface area contributed by atoms with Gasteiger partial charge in [-0.2, -0.15) is 0 Å². The van der Waals surface area contributed by atoms with Crippen LogP contribution >= 0.6 is 0 Å². The minimum Gasteiger partial charge on any atom is -0.342 e. The lowest BCUT2D eigenvalue weighted by Gasteiger charge is -2.10. The molecule has 0 aliphatic rings. The van der Waals surface area contributed by atoms with Gasteiger partial charge in [-0.15, -0.1) is 12.3 Å². The molecular formula is C10H13NO. The molecule has 0 saturated carbocycles. The van der Waals surface area contributed by atoms with E-state index in [1.807, 2.05) is 6.92 Å². The van der Waals surface area contributed by atoms with Crippen molar-refractivity contribution in [1.29, 1.82) is 0 Å². The van der Waals surface area contributed by atoms with Gasteiger partial charge in [-0.3, -0.25) is 4.79 Å². The summed E-state index contributed by atoms with van der Waals surface area (Å²) in [7, 11) is 0. The molecular weight excluding hydrogens is 150 g/mol. The minimum absolute atomic E-state index is 0.0587. The molecule has 1 amide bonds. The number of carbonyl (C=O) groups excluding carboxylic acids is 1. The summed E-state index contributed by atoms with van der Waals surface area (Å²) in [5.41, 5.74) is 0. The molecule has 0 rings (SSSR count). The highest BCUT2D eigenvalue weighted by Crippen LogP contribution is 1.94. The first-order valence-corrected chi connectivity index (χ1v) is 3.91. The summed E-state index contributed by atoms with van der Waals surface area (Å²) >= 11 is 0. The van der Waals surface area contributed by atoms with Crippen LogP contribution in [0.15, 0.2) is 0 Å². The number of terminal acetylenes is 1. The van der Waals surface area contributed by atoms with Gasteiger partial charge in [0, 0.05) is 12.5 Å². The Bertz CT molecular complexity index is 239. The van der Waals surface area contributed by atoms with Crippen molar-refractivity contribution >= 4 is 5.91 Å². The SMILES string of the molecule is C#CCC(CC)NC(=O)C#CC. The predicted molar refractivity (Wildman–Crippen MR) is 49.1 cm³/mol. The van der Waals surface area contributed by atoms with Gasteiger partial charge < -0.3 is 5.32 Å². The van der Waals surface area contributed by atoms with E-state index in [1.165, 1.54) is 0 Å². The van der Waals surface area contributed by atoms with Crippen LogP contribution in [0.3, 0.4) is 0 Å². The Hall–Kier alpha value is -1.41. The summed E-state index contributed by atoms with van der Waals surface area (Å²) < 4.78 is 0. The maximum atomic E-state index is 10.9. The summed E-state index contributed by atoms with van der Waals surface area (Å²) in [5, 5.41) is 2.71. The van der Waals surface area contributed by atoms with Crippen molar-refractivity contribution in [2.24, 2.45) is 0 Å². The second kappa shape index (κ2) is 6.31. The number of rotatable bonds is 3. The monoisotopic (exact) mass is 163 g/mol. The summed E-state index contributed by atoms with van der Waals surface area (Å²) in [6.45, 7) is 3.60. The van der Waals surface area contributed by atoms with Crippen LogP contribution < -0.4 is 5.32 Å². The summed E-state index contributed by atoms with van der Waals surface area (Å²) in [6.07, 6.45) is 6.52. The average molecular weight is 163 g/mol. The lowest BCUT2D eigenvalue weighted by molar-refractivity contribution is -0.116. The number of nitrogens with one attached hydrogen (secondary N) is 1. The van der Waals surface area contributed by atoms with E-state index in [1.54, 1.807) is 6.92 Å². The number of hydrogen-bond acceptors (Lipinski definition) is 1. The molecule has 0 aromatic carbocycles. The zero-order valence-electron chi connectivity index (χ0n) is 7.48. The first-order valence-electron chi connectivity index (χ1n) is 3.91. The molecule has 1 unspecified atom stereocenters. The number of amides is 1. The van der Waals surface area contributed by atoms with Crippen molar-refractivity contribution in [3.8, 4) is 24.2 Å². The van der Waals surface area contributed by atoms with Gasteiger partial charge in [-0.05, 0) is 19.3 Å². The Labute approximate surface area is 73.7 Å². The third-order valence-corrected chi connectivity index (χ3v) is 1.43. The van der Waals surface area contributed by atoms with Gasteiger partial charge in [0.25, 0.3) is 5.91 Å². The Morgan fingerprint density at radius 2 is 2.33 bits per heavy atom. The molecule has 0 fully saturated rings. The molecule has 1 N–H and O–H groups in total. The summed E-state index contributed by atoms with van der Waals surface area (Å²) in [6, 6.07) is 0.0587. The van der Waals surface area contributed by atoms with Crippen LogP contribution in [0.5, 0.6) is 0 Å². The maximum Gasteiger partial charge on any atom is 0.296 e. The van der Waals surface area contributed by atoms with Crippen molar-refractivity contribution < 1.29 is 4.79 Å². The van der Waals surface area contributed by atoms with E-state index >= 15 is 0 Å². The molecule has 0 spiro atoms. The van der Waals surface area contributed by atoms with Gasteiger partial charge in [0.2, 0.25) is 0 Å². The first-order chi connectivity index (χ1) is 5.74. The third-order valence-electron chi connectivity index (χ3n) is 1.43. The first kappa shape index (κ1) is 10.6. The Morgan fingerprint density at radius 3 is 2.75 bits per heavy atom. The van der Waals surface area contributed by atoms with Crippen molar-refractivity contribution in [2.75, 3.05) is 0 Å². The van der Waals surface area contributed by atoms with Crippen LogP contribution in [-0.4, -0.2) is 11.9 Å². The van der Waals surface area contributed by atoms with E-state index in [2.05, 4.69) is 23.1 Å². The fourth-order valence-corrected chi connectivity index (χ4v) is 0.775. The second-order valence-electron chi connectivity index (χ2n) is 2.36. The Kier molecular flexibility index (Phi) is 5.57. The molecule has 0 heterocycles. The van der Waals surface area contributed by atoms with Crippen LogP contribution in [-0.2, 0) is 4.79 Å². The van der Waals surface area contributed by atoms with Crippen molar-refractivity contribution in [3.63, 3.8) is 0 Å². The van der Waals surface area contributed by atoms with Gasteiger partial charge in [-0.25, -0.2) is 0 Å². The van der Waals surface area contributed by atoms with Crippen LogP contribution in [0.25, 0.3) is 0 Å². The molecule has 64 valence electrons. The highest BCUT2D eigenvalue weighted by molar-refractivity contribution is 5.93. The molecule has 0 aliphatic heterocycles. The quantitative estimate of drug-likeness (QED) is 0.616. The maximum absolute atomic E-state index is 10.9. The van der Waals surface area contributed by atoms with Crippen LogP contribution in [0, 0.1) is 24.2 Å². The molecule has 0 saturated heterocycles. The van der Waals surface area contributed by atoms with Crippen LogP contribution in [0.4, 0.5) is 0 Å². The van der Waals surface area contributed by atoms with Gasteiger partial charge in [0.1, 0.15) is 0 Å². The minimum atomic E-state index is -0.250. The highest BCUT2D eigenvalue weighted by atomic mass is 16.1. The molecule has 12 heavy (non-hydrogen) atoms. The van der Waals surface area contributed by atoms with Crippen LogP contribution in [0.2, 0.25) is 0 Å². The molecule has 1 atom stereocenters. The van der Waals surface area contributed by atoms with E-state index in [0.29, 0.717) is 6.42 Å². The molecule has 2 heteroatoms. The zero-order valence-corrected chi connectivity index (χ0v) is 7.48. The van der Waals surface area contributed by atoms with Gasteiger partial charge >= 0.3 is 0 Å². The van der Waals surface area contributed by atoms with Crippen molar-refractivity contribution in [1.82, 2.24) is 5.32 Å². The topological polar surface area (TPSA) is 29.1 Å². The Balaban J connectivity index is 3.92. The highest BCUT2D eigenvalue weighted by Gasteiger charge is 2.05. The predicted octanol–water partition coefficient (Wildman–Crippen LogP) is 0.928. The molecule has 0 aromatic heterocycles. The Morgan fingerprint density at radius 1 is 1.67 bits per heavy atom. The van der Waals surface area contributed by atoms with E-state index in [0.717, 1.165) is 6.42 Å². The fraction of sp³-hybridized carbons (Fsp3) is 0.500. The second-order valence-corrected chi connectivity index (χ2v) is 2.36. The van der Waals surface area contributed by atoms with Gasteiger partial charge in [-0.1, -0.05) is 12.8 Å². The van der Waals surface area contributed by atoms with E-state index < -0.39 is 0 Å². The van der Waals surface area contributed by atoms with Crippen molar-refractivity contribution in [2.45, 2.75) is 32.7 Å². The lowest BCUT2D eigenvalue weighted by Crippen LogP contribution is -2.32.